The van der Waals surface area contributed by atoms with Crippen LogP contribution in [0.1, 0.15) is 62.7 Å². The number of nitrogens with zero attached hydrogens (tertiary/aromatic N) is 2. The molecule has 3 rings (SSSR count). The molecule has 1 aliphatic carbocycles. The van der Waals surface area contributed by atoms with Crippen molar-refractivity contribution < 1.29 is 4.79 Å². The number of amidine groups is 1. The van der Waals surface area contributed by atoms with E-state index in [9.17, 15) is 4.79 Å². The zero-order chi connectivity index (χ0) is 18.4. The van der Waals surface area contributed by atoms with Gasteiger partial charge in [0.25, 0.3) is 5.91 Å². The molecule has 1 heterocycles. The van der Waals surface area contributed by atoms with Gasteiger partial charge in [0.05, 0.1) is 5.56 Å². The fourth-order valence-corrected chi connectivity index (χ4v) is 3.76. The third-order valence-electron chi connectivity index (χ3n) is 5.12. The molecule has 0 radical (unpaired) electrons. The second kappa shape index (κ2) is 8.84. The summed E-state index contributed by atoms with van der Waals surface area (Å²) < 4.78 is 2.27. The minimum absolute atomic E-state index is 0.0882. The Labute approximate surface area is 156 Å². The zero-order valence-electron chi connectivity index (χ0n) is 15.9. The molecule has 4 nitrogen and oxygen atoms in total. The number of carbonyl (C=O) groups excluding carboxylic acids is 1. The molecule has 0 aliphatic heterocycles. The predicted octanol–water partition coefficient (Wildman–Crippen LogP) is 5.29. The van der Waals surface area contributed by atoms with E-state index in [-0.39, 0.29) is 5.91 Å². The summed E-state index contributed by atoms with van der Waals surface area (Å²) in [7, 11) is 0. The number of hydrogen-bond acceptors (Lipinski definition) is 2. The molecule has 1 aromatic carbocycles. The van der Waals surface area contributed by atoms with E-state index in [4.69, 9.17) is 0 Å². The number of carbonyl (C=O) groups is 1. The molecule has 1 saturated carbocycles. The average Bonchev–Trinajstić information content (AvgIpc) is 3.02. The average molecular weight is 351 g/mol. The molecule has 2 aromatic rings. The van der Waals surface area contributed by atoms with Crippen molar-refractivity contribution in [2.24, 2.45) is 10.9 Å². The summed E-state index contributed by atoms with van der Waals surface area (Å²) in [6.45, 7) is 4.88. The van der Waals surface area contributed by atoms with Crippen LogP contribution in [0.15, 0.2) is 47.7 Å². The second-order valence-corrected chi connectivity index (χ2v) is 7.18. The number of nitrogens with one attached hydrogen (secondary N) is 1. The van der Waals surface area contributed by atoms with E-state index in [1.165, 1.54) is 32.1 Å². The van der Waals surface area contributed by atoms with Gasteiger partial charge in [-0.2, -0.15) is 0 Å². The monoisotopic (exact) mass is 351 g/mol. The quantitative estimate of drug-likeness (QED) is 0.577. The topological polar surface area (TPSA) is 46.4 Å². The summed E-state index contributed by atoms with van der Waals surface area (Å²) in [6, 6.07) is 8.18. The standard InChI is InChI=1S/C22H29N3O/c1-3-4-14-23-17(2)24-22(26)20-16-25(15-18-10-6-5-7-11-18)21-13-9-8-12-19(20)21/h4,8-9,12-14,16,18H,3,5-7,10-11,15H2,1-2H3,(H,23,24,26)/b14-4-. The Kier molecular flexibility index (Phi) is 6.26. The molecule has 0 bridgehead atoms. The smallest absolute Gasteiger partial charge is 0.258 e. The van der Waals surface area contributed by atoms with Crippen molar-refractivity contribution in [3.05, 3.63) is 48.3 Å². The van der Waals surface area contributed by atoms with E-state index in [0.717, 1.165) is 35.3 Å². The van der Waals surface area contributed by atoms with Gasteiger partial charge in [0.1, 0.15) is 5.84 Å². The number of para-hydroxylation sites is 1. The third kappa shape index (κ3) is 4.43. The van der Waals surface area contributed by atoms with Crippen LogP contribution in [0, 0.1) is 5.92 Å². The first-order valence-electron chi connectivity index (χ1n) is 9.77. The molecule has 1 amide bonds. The summed E-state index contributed by atoms with van der Waals surface area (Å²) >= 11 is 0. The number of hydrogen-bond donors (Lipinski definition) is 1. The molecular weight excluding hydrogens is 322 g/mol. The van der Waals surface area contributed by atoms with Crippen LogP contribution in [0.3, 0.4) is 0 Å². The third-order valence-corrected chi connectivity index (χ3v) is 5.12. The number of fused-ring (bicyclic) bond motifs is 1. The van der Waals surface area contributed by atoms with E-state index < -0.39 is 0 Å². The van der Waals surface area contributed by atoms with Crippen LogP contribution in [0.4, 0.5) is 0 Å². The number of benzene rings is 1. The van der Waals surface area contributed by atoms with Crippen LogP contribution in [-0.2, 0) is 6.54 Å². The Balaban J connectivity index is 1.82. The van der Waals surface area contributed by atoms with Crippen molar-refractivity contribution >= 4 is 22.6 Å². The molecule has 138 valence electrons. The van der Waals surface area contributed by atoms with Crippen molar-refractivity contribution in [3.8, 4) is 0 Å². The first kappa shape index (κ1) is 18.4. The first-order valence-corrected chi connectivity index (χ1v) is 9.77. The highest BCUT2D eigenvalue weighted by atomic mass is 16.1. The number of amides is 1. The molecule has 0 atom stereocenters. The van der Waals surface area contributed by atoms with Gasteiger partial charge in [-0.25, -0.2) is 4.99 Å². The maximum Gasteiger partial charge on any atom is 0.258 e. The molecular formula is C22H29N3O. The Morgan fingerprint density at radius 3 is 2.81 bits per heavy atom. The van der Waals surface area contributed by atoms with Crippen LogP contribution in [0.2, 0.25) is 0 Å². The van der Waals surface area contributed by atoms with Crippen LogP contribution in [-0.4, -0.2) is 16.3 Å². The first-order chi connectivity index (χ1) is 12.7. The Bertz CT molecular complexity index is 810. The maximum atomic E-state index is 12.8. The van der Waals surface area contributed by atoms with Crippen molar-refractivity contribution in [2.75, 3.05) is 0 Å². The van der Waals surface area contributed by atoms with E-state index in [0.29, 0.717) is 5.84 Å². The van der Waals surface area contributed by atoms with Gasteiger partial charge in [0.2, 0.25) is 0 Å². The minimum atomic E-state index is -0.0882. The second-order valence-electron chi connectivity index (χ2n) is 7.18. The van der Waals surface area contributed by atoms with Crippen LogP contribution < -0.4 is 5.32 Å². The van der Waals surface area contributed by atoms with Crippen molar-refractivity contribution in [2.45, 2.75) is 58.9 Å². The summed E-state index contributed by atoms with van der Waals surface area (Å²) in [5.41, 5.74) is 1.87. The van der Waals surface area contributed by atoms with Crippen LogP contribution >= 0.6 is 0 Å². The van der Waals surface area contributed by atoms with Crippen LogP contribution in [0.25, 0.3) is 10.9 Å². The molecule has 0 saturated heterocycles. The molecule has 0 unspecified atom stereocenters. The van der Waals surface area contributed by atoms with Gasteiger partial charge in [-0.05, 0) is 38.2 Å². The molecule has 1 fully saturated rings. The Morgan fingerprint density at radius 1 is 1.27 bits per heavy atom. The van der Waals surface area contributed by atoms with Gasteiger partial charge in [-0.1, -0.05) is 50.5 Å². The lowest BCUT2D eigenvalue weighted by Crippen LogP contribution is -2.28. The number of rotatable bonds is 5. The normalized spacial score (nSPS) is 16.5. The summed E-state index contributed by atoms with van der Waals surface area (Å²) in [5, 5.41) is 3.92. The summed E-state index contributed by atoms with van der Waals surface area (Å²) in [4.78, 5) is 17.0. The fourth-order valence-electron chi connectivity index (χ4n) is 3.76. The van der Waals surface area contributed by atoms with Gasteiger partial charge < -0.3 is 9.88 Å². The number of aromatic nitrogens is 1. The summed E-state index contributed by atoms with van der Waals surface area (Å²) in [5.74, 6) is 1.25. The Hall–Kier alpha value is -2.36. The largest absolute Gasteiger partial charge is 0.346 e. The van der Waals surface area contributed by atoms with Crippen molar-refractivity contribution in [1.82, 2.24) is 9.88 Å². The SMILES string of the molecule is CC/C=C\N=C(C)NC(=O)c1cn(CC2CCCCC2)c2ccccc12. The van der Waals surface area contributed by atoms with Gasteiger partial charge in [-0.15, -0.1) is 0 Å². The van der Waals surface area contributed by atoms with E-state index >= 15 is 0 Å². The van der Waals surface area contributed by atoms with E-state index in [1.54, 1.807) is 6.20 Å². The number of aliphatic imine (C=N–C) groups is 1. The maximum absolute atomic E-state index is 12.8. The van der Waals surface area contributed by atoms with E-state index in [2.05, 4.69) is 27.9 Å². The highest BCUT2D eigenvalue weighted by Gasteiger charge is 2.19. The predicted molar refractivity (Wildman–Crippen MR) is 109 cm³/mol. The minimum Gasteiger partial charge on any atom is -0.346 e. The van der Waals surface area contributed by atoms with Crippen LogP contribution in [0.5, 0.6) is 0 Å². The van der Waals surface area contributed by atoms with Gasteiger partial charge in [0.15, 0.2) is 0 Å². The zero-order valence-corrected chi connectivity index (χ0v) is 15.9. The van der Waals surface area contributed by atoms with Crippen molar-refractivity contribution in [3.63, 3.8) is 0 Å². The molecule has 4 heteroatoms. The Morgan fingerprint density at radius 2 is 2.04 bits per heavy atom. The van der Waals surface area contributed by atoms with Crippen molar-refractivity contribution in [1.29, 1.82) is 0 Å². The molecule has 26 heavy (non-hydrogen) atoms. The van der Waals surface area contributed by atoms with E-state index in [1.807, 2.05) is 37.4 Å². The number of allylic oxidation sites excluding steroid dienone is 1. The molecule has 1 N–H and O–H groups in total. The highest BCUT2D eigenvalue weighted by Crippen LogP contribution is 2.28. The lowest BCUT2D eigenvalue weighted by molar-refractivity contribution is 0.0978. The van der Waals surface area contributed by atoms with Gasteiger partial charge >= 0.3 is 0 Å². The molecule has 1 aromatic heterocycles. The lowest BCUT2D eigenvalue weighted by atomic mass is 9.89. The van der Waals surface area contributed by atoms with Gasteiger partial charge in [0, 0.05) is 29.8 Å². The molecule has 1 aliphatic rings. The lowest BCUT2D eigenvalue weighted by Gasteiger charge is -2.22. The fraction of sp³-hybridized carbons (Fsp3) is 0.455. The highest BCUT2D eigenvalue weighted by molar-refractivity contribution is 6.12. The molecule has 0 spiro atoms. The van der Waals surface area contributed by atoms with Gasteiger partial charge in [-0.3, -0.25) is 4.79 Å². The summed E-state index contributed by atoms with van der Waals surface area (Å²) in [6.07, 6.45) is 13.3.